The number of anilines is 4. The van der Waals surface area contributed by atoms with E-state index < -0.39 is 107 Å². The van der Waals surface area contributed by atoms with Crippen molar-refractivity contribution in [2.24, 2.45) is 40.9 Å². The molecule has 0 bridgehead atoms. The van der Waals surface area contributed by atoms with E-state index in [1.165, 1.54) is 143 Å². The molecule has 0 saturated heterocycles. The Morgan fingerprint density at radius 2 is 0.820 bits per heavy atom. The van der Waals surface area contributed by atoms with Gasteiger partial charge >= 0.3 is 0 Å². The van der Waals surface area contributed by atoms with Crippen LogP contribution in [0.5, 0.6) is 23.0 Å². The number of Topliss-reactive ketones (excluding diaryl/α,β-unsaturated/α-hetero) is 2. The molecule has 0 aliphatic carbocycles. The first-order valence-corrected chi connectivity index (χ1v) is 42.1. The summed E-state index contributed by atoms with van der Waals surface area (Å²) in [5, 5.41) is 56.7. The third-order valence-corrected chi connectivity index (χ3v) is 21.7. The molecule has 0 radical (unpaired) electrons. The van der Waals surface area contributed by atoms with E-state index in [1.54, 1.807) is 38.1 Å². The summed E-state index contributed by atoms with van der Waals surface area (Å²) < 4.78 is 177. The van der Waals surface area contributed by atoms with Crippen molar-refractivity contribution in [2.45, 2.75) is 78.1 Å². The molecule has 2 unspecified atom stereocenters. The van der Waals surface area contributed by atoms with E-state index in [0.29, 0.717) is 46.1 Å². The molecular weight excluding hydrogens is 1700 g/mol. The topological polar surface area (TPSA) is 561 Å². The van der Waals surface area contributed by atoms with Crippen molar-refractivity contribution < 1.29 is 124 Å². The summed E-state index contributed by atoms with van der Waals surface area (Å²) in [4.78, 5) is 77.6. The number of benzene rings is 10. The summed E-state index contributed by atoms with van der Waals surface area (Å²) in [5.74, 6) is -4.05. The summed E-state index contributed by atoms with van der Waals surface area (Å²) in [6, 6.07) is 33.6. The molecule has 0 heterocycles. The van der Waals surface area contributed by atoms with Gasteiger partial charge in [0.1, 0.15) is 50.9 Å². The van der Waals surface area contributed by atoms with E-state index in [2.05, 4.69) is 71.6 Å². The summed E-state index contributed by atoms with van der Waals surface area (Å²) in [6.07, 6.45) is 0. The first kappa shape index (κ1) is 91.6. The SMILES string of the molecule is COc1ccc(C)cc1NC(=O)C(N=Nc1ccc(C(=O)Nc2cc(C)c(N=Nc3ccc4cc(SOOO)cc(S(=O)(=O)O)c4c3)cc2OCCOCCOCCOc2cc(N=Nc3ccc4cc(S(=O)(=O)O)cc(S(=O)(=O)O)c4c3)c(C)cc2NC(=O)c2ccc(N=NC(C(C)=O)C(=O)Nc3cc(C)c(S(=O)(=O)O)cc3OC)cc2)cc1)C(C)=O. The summed E-state index contributed by atoms with van der Waals surface area (Å²) in [5.41, 5.74) is 3.31. The van der Waals surface area contributed by atoms with Crippen molar-refractivity contribution in [1.29, 1.82) is 0 Å². The zero-order valence-electron chi connectivity index (χ0n) is 65.3. The first-order valence-electron chi connectivity index (χ1n) is 35.6. The number of hydrogen-bond acceptors (Lipinski definition) is 32. The summed E-state index contributed by atoms with van der Waals surface area (Å²) in [7, 11) is -16.9. The lowest BCUT2D eigenvalue weighted by molar-refractivity contribution is -0.432. The van der Waals surface area contributed by atoms with Crippen LogP contribution in [0.4, 0.5) is 56.9 Å². The maximum Gasteiger partial charge on any atom is 0.295 e. The molecule has 10 aromatic carbocycles. The number of ketones is 2. The van der Waals surface area contributed by atoms with Crippen molar-refractivity contribution in [1.82, 2.24) is 0 Å². The van der Waals surface area contributed by atoms with Crippen molar-refractivity contribution in [3.63, 3.8) is 0 Å². The lowest BCUT2D eigenvalue weighted by atomic mass is 10.1. The number of carbonyl (C=O) groups is 6. The number of nitrogens with zero attached hydrogens (tertiary/aromatic N) is 8. The zero-order valence-corrected chi connectivity index (χ0v) is 69.4. The highest BCUT2D eigenvalue weighted by atomic mass is 32.2. The van der Waals surface area contributed by atoms with Crippen molar-refractivity contribution >= 4 is 166 Å². The van der Waals surface area contributed by atoms with Crippen LogP contribution < -0.4 is 40.2 Å². The Balaban J connectivity index is 0.824. The summed E-state index contributed by atoms with van der Waals surface area (Å²) >= 11 is 0.471. The molecule has 39 nitrogen and oxygen atoms in total. The number of carbonyl (C=O) groups excluding carboxylic acids is 6. The molecule has 0 aromatic heterocycles. The normalized spacial score (nSPS) is 12.6. The number of azo groups is 4. The van der Waals surface area contributed by atoms with Crippen LogP contribution in [0.15, 0.2) is 229 Å². The van der Waals surface area contributed by atoms with Gasteiger partial charge in [-0.05, 0) is 202 Å². The fraction of sp³-hybridized carbons (Fsp3) is 0.205. The number of hydrogen-bond donors (Lipinski definition) is 9. The van der Waals surface area contributed by atoms with Crippen molar-refractivity contribution in [2.75, 3.05) is 75.1 Å². The maximum atomic E-state index is 14.0. The van der Waals surface area contributed by atoms with E-state index in [0.717, 1.165) is 30.7 Å². The molecule has 0 aliphatic heterocycles. The van der Waals surface area contributed by atoms with Crippen LogP contribution >= 0.6 is 12.0 Å². The number of fused-ring (bicyclic) bond motifs is 2. The Bertz CT molecular complexity index is 6360. The lowest BCUT2D eigenvalue weighted by Crippen LogP contribution is -2.32. The predicted octanol–water partition coefficient (Wildman–Crippen LogP) is 14.8. The molecular formula is C78H74N12O27S5. The molecule has 10 aromatic rings. The average Bonchev–Trinajstić information content (AvgIpc) is 0.759. The molecule has 0 aliphatic rings. The molecule has 0 saturated carbocycles. The van der Waals surface area contributed by atoms with Gasteiger partial charge in [0, 0.05) is 45.0 Å². The highest BCUT2D eigenvalue weighted by molar-refractivity contribution is 7.94. The first-order chi connectivity index (χ1) is 57.8. The van der Waals surface area contributed by atoms with Crippen molar-refractivity contribution in [3.05, 3.63) is 197 Å². The Morgan fingerprint density at radius 3 is 1.25 bits per heavy atom. The molecule has 4 amide bonds. The fourth-order valence-electron chi connectivity index (χ4n) is 11.5. The van der Waals surface area contributed by atoms with Crippen LogP contribution in [0.25, 0.3) is 21.5 Å². The van der Waals surface area contributed by atoms with Crippen LogP contribution in [0.3, 0.4) is 0 Å². The van der Waals surface area contributed by atoms with Crippen LogP contribution in [0.2, 0.25) is 0 Å². The van der Waals surface area contributed by atoms with Gasteiger partial charge in [-0.1, -0.05) is 23.2 Å². The average molecular weight is 1770 g/mol. The van der Waals surface area contributed by atoms with Crippen LogP contribution in [-0.2, 0) is 78.5 Å². The Hall–Kier alpha value is -12.7. The Kier molecular flexibility index (Phi) is 30.1. The number of amides is 4. The van der Waals surface area contributed by atoms with Gasteiger partial charge in [0.15, 0.2) is 11.6 Å². The molecule has 0 spiro atoms. The highest BCUT2D eigenvalue weighted by Gasteiger charge is 2.29. The van der Waals surface area contributed by atoms with Gasteiger partial charge in [-0.15, -0.1) is 4.33 Å². The largest absolute Gasteiger partial charge is 0.495 e. The molecule has 2 atom stereocenters. The quantitative estimate of drug-likeness (QED) is 0.00330. The van der Waals surface area contributed by atoms with Crippen LogP contribution in [0.1, 0.15) is 56.8 Å². The second-order valence-electron chi connectivity index (χ2n) is 26.3. The van der Waals surface area contributed by atoms with Gasteiger partial charge < -0.3 is 49.7 Å². The molecule has 122 heavy (non-hydrogen) atoms. The number of ether oxygens (including phenoxy) is 6. The fourth-order valence-corrected chi connectivity index (χ4v) is 14.8. The molecule has 10 rings (SSSR count). The summed E-state index contributed by atoms with van der Waals surface area (Å²) in [6.45, 7) is 8.28. The third-order valence-electron chi connectivity index (χ3n) is 17.5. The smallest absolute Gasteiger partial charge is 0.295 e. The van der Waals surface area contributed by atoms with E-state index in [9.17, 15) is 80.6 Å². The van der Waals surface area contributed by atoms with Gasteiger partial charge in [0.05, 0.1) is 114 Å². The number of methoxy groups -OCH3 is 2. The van der Waals surface area contributed by atoms with Gasteiger partial charge in [-0.25, -0.2) is 5.26 Å². The number of rotatable bonds is 38. The van der Waals surface area contributed by atoms with E-state index in [4.69, 9.17) is 33.7 Å². The number of nitrogens with one attached hydrogen (secondary N) is 4. The Morgan fingerprint density at radius 1 is 0.402 bits per heavy atom. The van der Waals surface area contributed by atoms with E-state index >= 15 is 0 Å². The van der Waals surface area contributed by atoms with E-state index in [1.807, 2.05) is 6.92 Å². The lowest BCUT2D eigenvalue weighted by Gasteiger charge is -2.16. The molecule has 0 fully saturated rings. The predicted molar refractivity (Wildman–Crippen MR) is 441 cm³/mol. The standard InChI is InChI=1S/C78H74N12O27S5/c1-42-9-22-66(110-7)62(29-42)81-77(95)73(46(5)91)89-83-52-16-10-48(11-17-52)75(93)79-64-30-43(2)60(87-85-54-20-14-50-33-56(118-117-116-97)37-71(58(50)35-54)121(104,105)106)39-68(64)114-27-25-112-23-24-113-26-28-115-69-40-61(88-86-55-21-15-51-34-57(119(98,99)100)38-72(59(51)36-55)122(107,108)109)44(3)31-65(69)80-76(94)49-12-18-53(19-13-49)84-90-74(47(6)92)78(96)82-63-32-45(4)70(120(101,102)103)41-67(63)111-8/h9-22,29-41,73-74,97H,23-28H2,1-8H3,(H,79,93)(H,80,94)(H,81,95)(H,82,96)(H,98,99,100)(H,101,102,103)(H,104,105,106)(H,107,108,109). The Labute approximate surface area is 700 Å². The van der Waals surface area contributed by atoms with Crippen LogP contribution in [0, 0.1) is 27.7 Å². The van der Waals surface area contributed by atoms with E-state index in [-0.39, 0.29) is 146 Å². The molecule has 9 N–H and O–H groups in total. The second kappa shape index (κ2) is 40.1. The van der Waals surface area contributed by atoms with Gasteiger partial charge in [-0.2, -0.15) is 74.6 Å². The zero-order chi connectivity index (χ0) is 88.5. The van der Waals surface area contributed by atoms with Crippen LogP contribution in [-0.4, -0.2) is 158 Å². The van der Waals surface area contributed by atoms with Gasteiger partial charge in [-0.3, -0.25) is 47.0 Å². The second-order valence-corrected chi connectivity index (χ2v) is 32.7. The number of aryl methyl sites for hydroxylation is 4. The van der Waals surface area contributed by atoms with Gasteiger partial charge in [0.2, 0.25) is 12.1 Å². The molecule has 44 heteroatoms. The van der Waals surface area contributed by atoms with Crippen molar-refractivity contribution in [3.8, 4) is 23.0 Å². The minimum Gasteiger partial charge on any atom is -0.495 e. The molecule has 638 valence electrons. The monoisotopic (exact) mass is 1770 g/mol. The highest BCUT2D eigenvalue weighted by Crippen LogP contribution is 2.40. The minimum atomic E-state index is -5.08. The maximum absolute atomic E-state index is 14.0. The third kappa shape index (κ3) is 24.3. The minimum absolute atomic E-state index is 0.00313. The van der Waals surface area contributed by atoms with Gasteiger partial charge in [0.25, 0.3) is 64.1 Å².